The van der Waals surface area contributed by atoms with Gasteiger partial charge in [-0.25, -0.2) is 13.1 Å². The highest BCUT2D eigenvalue weighted by Crippen LogP contribution is 2.21. The van der Waals surface area contributed by atoms with E-state index in [-0.39, 0.29) is 29.5 Å². The van der Waals surface area contributed by atoms with Gasteiger partial charge in [0.25, 0.3) is 11.5 Å². The second kappa shape index (κ2) is 9.46. The Hall–Kier alpha value is -3.30. The zero-order chi connectivity index (χ0) is 22.6. The lowest BCUT2D eigenvalue weighted by molar-refractivity contribution is 0.0951. The minimum absolute atomic E-state index is 0.185. The number of carbonyl (C=O) groups excluding carboxylic acids is 1. The average Bonchev–Trinajstić information content (AvgIpc) is 3.37. The molecule has 1 saturated heterocycles. The van der Waals surface area contributed by atoms with E-state index in [0.717, 1.165) is 18.4 Å². The molecular formula is C23H24N4O4S. The van der Waals surface area contributed by atoms with E-state index in [9.17, 15) is 18.0 Å². The van der Waals surface area contributed by atoms with Crippen molar-refractivity contribution in [3.63, 3.8) is 0 Å². The Labute approximate surface area is 186 Å². The maximum atomic E-state index is 12.6. The van der Waals surface area contributed by atoms with Crippen LogP contribution in [0.1, 0.15) is 23.2 Å². The summed E-state index contributed by atoms with van der Waals surface area (Å²) < 4.78 is 28.0. The Kier molecular flexibility index (Phi) is 6.48. The van der Waals surface area contributed by atoms with Gasteiger partial charge in [-0.15, -0.1) is 0 Å². The molecular weight excluding hydrogens is 428 g/mol. The van der Waals surface area contributed by atoms with Crippen LogP contribution in [0.5, 0.6) is 0 Å². The highest BCUT2D eigenvalue weighted by Gasteiger charge is 2.27. The molecule has 1 aliphatic rings. The summed E-state index contributed by atoms with van der Waals surface area (Å²) in [5.41, 5.74) is 1.67. The van der Waals surface area contributed by atoms with Crippen molar-refractivity contribution in [2.24, 2.45) is 0 Å². The molecule has 32 heavy (non-hydrogen) atoms. The van der Waals surface area contributed by atoms with Crippen LogP contribution in [0.15, 0.2) is 76.4 Å². The summed E-state index contributed by atoms with van der Waals surface area (Å²) in [5, 5.41) is 7.12. The molecule has 1 amide bonds. The minimum Gasteiger partial charge on any atom is -0.350 e. The predicted molar refractivity (Wildman–Crippen MR) is 121 cm³/mol. The Morgan fingerprint density at radius 1 is 0.938 bits per heavy atom. The number of aromatic nitrogens is 2. The molecule has 1 fully saturated rings. The van der Waals surface area contributed by atoms with Crippen LogP contribution in [0.4, 0.5) is 0 Å². The lowest BCUT2D eigenvalue weighted by Gasteiger charge is -2.15. The van der Waals surface area contributed by atoms with Crippen LogP contribution in [0, 0.1) is 0 Å². The van der Waals surface area contributed by atoms with Gasteiger partial charge in [-0.1, -0.05) is 30.3 Å². The molecule has 0 unspecified atom stereocenters. The molecule has 1 aliphatic heterocycles. The van der Waals surface area contributed by atoms with Crippen LogP contribution in [-0.4, -0.2) is 48.0 Å². The van der Waals surface area contributed by atoms with E-state index in [0.29, 0.717) is 24.3 Å². The molecule has 8 nitrogen and oxygen atoms in total. The molecule has 0 atom stereocenters. The molecule has 0 aliphatic carbocycles. The number of hydrogen-bond acceptors (Lipinski definition) is 5. The molecule has 9 heteroatoms. The predicted octanol–water partition coefficient (Wildman–Crippen LogP) is 2.12. The topological polar surface area (TPSA) is 101 Å². The Morgan fingerprint density at radius 3 is 2.31 bits per heavy atom. The number of sulfonamides is 1. The van der Waals surface area contributed by atoms with Gasteiger partial charge in [0.1, 0.15) is 0 Å². The smallest absolute Gasteiger partial charge is 0.266 e. The zero-order valence-corrected chi connectivity index (χ0v) is 18.3. The quantitative estimate of drug-likeness (QED) is 0.592. The number of amides is 1. The Morgan fingerprint density at radius 2 is 1.62 bits per heavy atom. The van der Waals surface area contributed by atoms with Gasteiger partial charge >= 0.3 is 0 Å². The number of rotatable bonds is 7. The van der Waals surface area contributed by atoms with Gasteiger partial charge < -0.3 is 5.32 Å². The summed E-state index contributed by atoms with van der Waals surface area (Å²) in [6.07, 6.45) is 1.73. The zero-order valence-electron chi connectivity index (χ0n) is 17.5. The molecule has 0 bridgehead atoms. The van der Waals surface area contributed by atoms with Crippen LogP contribution in [0.3, 0.4) is 0 Å². The molecule has 2 heterocycles. The van der Waals surface area contributed by atoms with Gasteiger partial charge in [0, 0.05) is 36.8 Å². The van der Waals surface area contributed by atoms with Crippen molar-refractivity contribution in [3.8, 4) is 11.3 Å². The lowest BCUT2D eigenvalue weighted by atomic mass is 10.1. The standard InChI is InChI=1S/C23H24N4O4S/c28-22-13-12-21(18-6-2-1-3-7-18)25-27(22)17-14-24-23(29)19-8-10-20(11-9-19)32(30,31)26-15-4-5-16-26/h1-3,6-13H,4-5,14-17H2,(H,24,29). The van der Waals surface area contributed by atoms with E-state index in [1.54, 1.807) is 6.07 Å². The lowest BCUT2D eigenvalue weighted by Crippen LogP contribution is -2.32. The number of carbonyl (C=O) groups is 1. The third-order valence-electron chi connectivity index (χ3n) is 5.36. The third-order valence-corrected chi connectivity index (χ3v) is 7.28. The van der Waals surface area contributed by atoms with Gasteiger partial charge in [0.15, 0.2) is 0 Å². The van der Waals surface area contributed by atoms with Crippen LogP contribution in [-0.2, 0) is 16.6 Å². The largest absolute Gasteiger partial charge is 0.350 e. The number of nitrogens with zero attached hydrogens (tertiary/aromatic N) is 3. The van der Waals surface area contributed by atoms with Crippen molar-refractivity contribution in [1.29, 1.82) is 0 Å². The second-order valence-electron chi connectivity index (χ2n) is 7.54. The molecule has 0 radical (unpaired) electrons. The van der Waals surface area contributed by atoms with Crippen molar-refractivity contribution < 1.29 is 13.2 Å². The van der Waals surface area contributed by atoms with Crippen LogP contribution >= 0.6 is 0 Å². The van der Waals surface area contributed by atoms with E-state index in [2.05, 4.69) is 10.4 Å². The first-order chi connectivity index (χ1) is 15.4. The molecule has 2 aromatic carbocycles. The number of benzene rings is 2. The fourth-order valence-electron chi connectivity index (χ4n) is 3.61. The number of nitrogens with one attached hydrogen (secondary N) is 1. The molecule has 4 rings (SSSR count). The Balaban J connectivity index is 1.38. The van der Waals surface area contributed by atoms with E-state index >= 15 is 0 Å². The van der Waals surface area contributed by atoms with E-state index in [4.69, 9.17) is 0 Å². The van der Waals surface area contributed by atoms with Gasteiger partial charge in [-0.05, 0) is 43.2 Å². The summed E-state index contributed by atoms with van der Waals surface area (Å²) in [6.45, 7) is 1.48. The highest BCUT2D eigenvalue weighted by atomic mass is 32.2. The SMILES string of the molecule is O=C(NCCn1nc(-c2ccccc2)ccc1=O)c1ccc(S(=O)(=O)N2CCCC2)cc1. The maximum Gasteiger partial charge on any atom is 0.266 e. The first-order valence-electron chi connectivity index (χ1n) is 10.5. The summed E-state index contributed by atoms with van der Waals surface area (Å²) in [6, 6.07) is 18.6. The summed E-state index contributed by atoms with van der Waals surface area (Å²) in [7, 11) is -3.51. The summed E-state index contributed by atoms with van der Waals surface area (Å²) in [4.78, 5) is 24.7. The molecule has 3 aromatic rings. The summed E-state index contributed by atoms with van der Waals surface area (Å²) >= 11 is 0. The van der Waals surface area contributed by atoms with Crippen LogP contribution in [0.2, 0.25) is 0 Å². The van der Waals surface area contributed by atoms with Crippen molar-refractivity contribution >= 4 is 15.9 Å². The van der Waals surface area contributed by atoms with E-state index < -0.39 is 10.0 Å². The fourth-order valence-corrected chi connectivity index (χ4v) is 5.12. The van der Waals surface area contributed by atoms with Gasteiger partial charge in [0.05, 0.1) is 17.1 Å². The third kappa shape index (κ3) is 4.79. The van der Waals surface area contributed by atoms with Crippen LogP contribution < -0.4 is 10.9 Å². The van der Waals surface area contributed by atoms with Gasteiger partial charge in [-0.2, -0.15) is 9.40 Å². The van der Waals surface area contributed by atoms with Crippen molar-refractivity contribution in [2.75, 3.05) is 19.6 Å². The van der Waals surface area contributed by atoms with Crippen molar-refractivity contribution in [3.05, 3.63) is 82.6 Å². The molecule has 0 spiro atoms. The van der Waals surface area contributed by atoms with E-state index in [1.165, 1.54) is 39.3 Å². The van der Waals surface area contributed by atoms with Crippen molar-refractivity contribution in [1.82, 2.24) is 19.4 Å². The second-order valence-corrected chi connectivity index (χ2v) is 9.48. The van der Waals surface area contributed by atoms with Gasteiger partial charge in [0.2, 0.25) is 10.0 Å². The van der Waals surface area contributed by atoms with E-state index in [1.807, 2.05) is 30.3 Å². The molecule has 1 N–H and O–H groups in total. The van der Waals surface area contributed by atoms with Crippen molar-refractivity contribution in [2.45, 2.75) is 24.3 Å². The molecule has 0 saturated carbocycles. The van der Waals surface area contributed by atoms with Crippen LogP contribution in [0.25, 0.3) is 11.3 Å². The molecule has 1 aromatic heterocycles. The Bertz CT molecular complexity index is 1250. The number of hydrogen-bond donors (Lipinski definition) is 1. The molecule has 166 valence electrons. The average molecular weight is 453 g/mol. The fraction of sp³-hybridized carbons (Fsp3) is 0.261. The monoisotopic (exact) mass is 452 g/mol. The first-order valence-corrected chi connectivity index (χ1v) is 11.9. The highest BCUT2D eigenvalue weighted by molar-refractivity contribution is 7.89. The minimum atomic E-state index is -3.51. The van der Waals surface area contributed by atoms with Gasteiger partial charge in [-0.3, -0.25) is 9.59 Å². The normalized spacial score (nSPS) is 14.4. The first kappa shape index (κ1) is 21.9. The maximum absolute atomic E-state index is 12.6. The summed E-state index contributed by atoms with van der Waals surface area (Å²) in [5.74, 6) is -0.345.